The number of carbonyl (C=O) groups is 1. The lowest BCUT2D eigenvalue weighted by Crippen LogP contribution is -2.43. The Morgan fingerprint density at radius 1 is 1.45 bits per heavy atom. The standard InChI is InChI=1S/C12H16N4O3S/c1-8-4-14-10(5-13-8)11(17)15-12-3-9(12)6-16(7-12)20(2,18)19/h4-5,9H,3,6-7H2,1-2H3,(H,15,17). The minimum atomic E-state index is -3.20. The van der Waals surface area contributed by atoms with Crippen LogP contribution in [0, 0.1) is 12.8 Å². The number of aryl methyl sites for hydroxylation is 1. The number of piperidine rings is 1. The van der Waals surface area contributed by atoms with Crippen molar-refractivity contribution in [3.8, 4) is 0 Å². The number of hydrogen-bond acceptors (Lipinski definition) is 5. The fourth-order valence-corrected chi connectivity index (χ4v) is 3.60. The van der Waals surface area contributed by atoms with Gasteiger partial charge in [-0.05, 0) is 19.3 Å². The van der Waals surface area contributed by atoms with Crippen LogP contribution < -0.4 is 5.32 Å². The number of sulfonamides is 1. The van der Waals surface area contributed by atoms with Crippen LogP contribution in [0.15, 0.2) is 12.4 Å². The van der Waals surface area contributed by atoms with Gasteiger partial charge in [0.2, 0.25) is 10.0 Å². The number of nitrogens with one attached hydrogen (secondary N) is 1. The zero-order valence-corrected chi connectivity index (χ0v) is 12.1. The predicted molar refractivity (Wildman–Crippen MR) is 71.5 cm³/mol. The summed E-state index contributed by atoms with van der Waals surface area (Å²) in [4.78, 5) is 20.2. The van der Waals surface area contributed by atoms with Crippen molar-refractivity contribution in [2.45, 2.75) is 18.9 Å². The van der Waals surface area contributed by atoms with E-state index in [9.17, 15) is 13.2 Å². The van der Waals surface area contributed by atoms with Crippen molar-refractivity contribution >= 4 is 15.9 Å². The van der Waals surface area contributed by atoms with E-state index in [0.717, 1.165) is 12.1 Å². The van der Waals surface area contributed by atoms with E-state index in [4.69, 9.17) is 0 Å². The summed E-state index contributed by atoms with van der Waals surface area (Å²) in [5.74, 6) is -0.0880. The van der Waals surface area contributed by atoms with Gasteiger partial charge in [0.05, 0.1) is 23.7 Å². The van der Waals surface area contributed by atoms with Crippen molar-refractivity contribution in [1.82, 2.24) is 19.6 Å². The minimum absolute atomic E-state index is 0.208. The van der Waals surface area contributed by atoms with Gasteiger partial charge in [0.25, 0.3) is 5.91 Å². The molecule has 1 N–H and O–H groups in total. The molecule has 7 nitrogen and oxygen atoms in total. The van der Waals surface area contributed by atoms with Gasteiger partial charge < -0.3 is 5.32 Å². The monoisotopic (exact) mass is 296 g/mol. The van der Waals surface area contributed by atoms with Crippen molar-refractivity contribution < 1.29 is 13.2 Å². The van der Waals surface area contributed by atoms with E-state index in [1.165, 1.54) is 23.0 Å². The molecule has 0 aromatic carbocycles. The summed E-state index contributed by atoms with van der Waals surface area (Å²) >= 11 is 0. The molecule has 1 aromatic heterocycles. The van der Waals surface area contributed by atoms with Crippen LogP contribution in [0.25, 0.3) is 0 Å². The zero-order valence-electron chi connectivity index (χ0n) is 11.3. The van der Waals surface area contributed by atoms with Crippen LogP contribution in [0.5, 0.6) is 0 Å². The highest BCUT2D eigenvalue weighted by Gasteiger charge is 2.62. The Kier molecular flexibility index (Phi) is 2.84. The van der Waals surface area contributed by atoms with E-state index in [1.54, 1.807) is 6.92 Å². The molecular formula is C12H16N4O3S. The number of nitrogens with zero attached hydrogens (tertiary/aromatic N) is 3. The maximum absolute atomic E-state index is 12.1. The molecule has 0 radical (unpaired) electrons. The van der Waals surface area contributed by atoms with Crippen LogP contribution in [-0.4, -0.2) is 53.5 Å². The first-order valence-corrected chi connectivity index (χ1v) is 8.21. The fourth-order valence-electron chi connectivity index (χ4n) is 2.68. The van der Waals surface area contributed by atoms with Crippen LogP contribution in [0.4, 0.5) is 0 Å². The summed E-state index contributed by atoms with van der Waals surface area (Å²) in [5.41, 5.74) is 0.591. The Morgan fingerprint density at radius 3 is 2.75 bits per heavy atom. The highest BCUT2D eigenvalue weighted by Crippen LogP contribution is 2.50. The van der Waals surface area contributed by atoms with Crippen LogP contribution in [0.2, 0.25) is 0 Å². The average Bonchev–Trinajstić information content (AvgIpc) is 2.89. The lowest BCUT2D eigenvalue weighted by atomic mass is 10.2. The Bertz CT molecular complexity index is 658. The molecule has 20 heavy (non-hydrogen) atoms. The largest absolute Gasteiger partial charge is 0.344 e. The number of fused-ring (bicyclic) bond motifs is 1. The van der Waals surface area contributed by atoms with E-state index in [2.05, 4.69) is 15.3 Å². The second kappa shape index (κ2) is 4.23. The van der Waals surface area contributed by atoms with Crippen LogP contribution in [0.1, 0.15) is 22.6 Å². The molecule has 1 saturated carbocycles. The SMILES string of the molecule is Cc1cnc(C(=O)NC23CC2CN(S(C)(=O)=O)C3)cn1. The molecule has 2 aliphatic rings. The smallest absolute Gasteiger partial charge is 0.271 e. The van der Waals surface area contributed by atoms with Crippen LogP contribution in [-0.2, 0) is 10.0 Å². The quantitative estimate of drug-likeness (QED) is 0.815. The first-order valence-electron chi connectivity index (χ1n) is 6.36. The van der Waals surface area contributed by atoms with Gasteiger partial charge in [0.1, 0.15) is 5.69 Å². The molecular weight excluding hydrogens is 280 g/mol. The molecule has 108 valence electrons. The van der Waals surface area contributed by atoms with Crippen LogP contribution >= 0.6 is 0 Å². The number of rotatable bonds is 3. The maximum atomic E-state index is 12.1. The van der Waals surface area contributed by atoms with E-state index < -0.39 is 15.6 Å². The molecule has 1 saturated heterocycles. The topological polar surface area (TPSA) is 92.3 Å². The lowest BCUT2D eigenvalue weighted by Gasteiger charge is -2.19. The summed E-state index contributed by atoms with van der Waals surface area (Å²) in [6, 6.07) is 0. The van der Waals surface area contributed by atoms with Crippen molar-refractivity contribution in [3.63, 3.8) is 0 Å². The molecule has 2 atom stereocenters. The summed E-state index contributed by atoms with van der Waals surface area (Å²) in [6.07, 6.45) is 4.99. The van der Waals surface area contributed by atoms with Gasteiger partial charge in [-0.15, -0.1) is 0 Å². The molecule has 2 unspecified atom stereocenters. The van der Waals surface area contributed by atoms with Gasteiger partial charge >= 0.3 is 0 Å². The van der Waals surface area contributed by atoms with Gasteiger partial charge in [0.15, 0.2) is 0 Å². The molecule has 2 heterocycles. The number of carbonyl (C=O) groups excluding carboxylic acids is 1. The fraction of sp³-hybridized carbons (Fsp3) is 0.583. The minimum Gasteiger partial charge on any atom is -0.344 e. The summed E-state index contributed by atoms with van der Waals surface area (Å²) in [6.45, 7) is 2.63. The van der Waals surface area contributed by atoms with Crippen molar-refractivity contribution in [2.75, 3.05) is 19.3 Å². The molecule has 0 spiro atoms. The first-order chi connectivity index (χ1) is 9.30. The molecule has 3 rings (SSSR count). The summed E-state index contributed by atoms with van der Waals surface area (Å²) in [5, 5.41) is 2.92. The first kappa shape index (κ1) is 13.4. The summed E-state index contributed by atoms with van der Waals surface area (Å²) in [7, 11) is -3.20. The van der Waals surface area contributed by atoms with Gasteiger partial charge in [-0.3, -0.25) is 9.78 Å². The second-order valence-electron chi connectivity index (χ2n) is 5.61. The number of aromatic nitrogens is 2. The van der Waals surface area contributed by atoms with Crippen molar-refractivity contribution in [2.24, 2.45) is 5.92 Å². The van der Waals surface area contributed by atoms with Gasteiger partial charge in [0, 0.05) is 19.3 Å². The molecule has 1 aromatic rings. The molecule has 2 fully saturated rings. The predicted octanol–water partition coefficient (Wildman–Crippen LogP) is -0.451. The van der Waals surface area contributed by atoms with E-state index in [1.807, 2.05) is 0 Å². The zero-order chi connectivity index (χ0) is 14.5. The van der Waals surface area contributed by atoms with Crippen molar-refractivity contribution in [1.29, 1.82) is 0 Å². The normalized spacial score (nSPS) is 29.0. The summed E-state index contributed by atoms with van der Waals surface area (Å²) < 4.78 is 24.5. The highest BCUT2D eigenvalue weighted by atomic mass is 32.2. The third-order valence-electron chi connectivity index (χ3n) is 3.96. The number of hydrogen-bond donors (Lipinski definition) is 1. The second-order valence-corrected chi connectivity index (χ2v) is 7.59. The van der Waals surface area contributed by atoms with Gasteiger partial charge in [-0.1, -0.05) is 0 Å². The Morgan fingerprint density at radius 2 is 2.20 bits per heavy atom. The highest BCUT2D eigenvalue weighted by molar-refractivity contribution is 7.88. The Hall–Kier alpha value is -1.54. The van der Waals surface area contributed by atoms with E-state index >= 15 is 0 Å². The maximum Gasteiger partial charge on any atom is 0.271 e. The number of amides is 1. The lowest BCUT2D eigenvalue weighted by molar-refractivity contribution is 0.0924. The van der Waals surface area contributed by atoms with E-state index in [0.29, 0.717) is 13.1 Å². The van der Waals surface area contributed by atoms with Gasteiger partial charge in [-0.25, -0.2) is 13.4 Å². The molecule has 0 bridgehead atoms. The van der Waals surface area contributed by atoms with E-state index in [-0.39, 0.29) is 17.5 Å². The van der Waals surface area contributed by atoms with Gasteiger partial charge in [-0.2, -0.15) is 4.31 Å². The molecule has 1 aliphatic heterocycles. The Labute approximate surface area is 117 Å². The Balaban J connectivity index is 1.70. The average molecular weight is 296 g/mol. The van der Waals surface area contributed by atoms with Crippen molar-refractivity contribution in [3.05, 3.63) is 23.8 Å². The molecule has 1 aliphatic carbocycles. The third-order valence-corrected chi connectivity index (χ3v) is 5.18. The molecule has 1 amide bonds. The molecule has 8 heteroatoms. The third kappa shape index (κ3) is 2.29. The van der Waals surface area contributed by atoms with Crippen LogP contribution in [0.3, 0.4) is 0 Å².